The van der Waals surface area contributed by atoms with E-state index in [1.165, 1.54) is 13.2 Å². The first-order valence-corrected chi connectivity index (χ1v) is 8.20. The molecule has 128 valence electrons. The van der Waals surface area contributed by atoms with Crippen LogP contribution in [-0.4, -0.2) is 26.2 Å². The molecule has 0 spiro atoms. The Bertz CT molecular complexity index is 727. The second-order valence-corrected chi connectivity index (χ2v) is 6.14. The number of aryl methyl sites for hydroxylation is 2. The highest BCUT2D eigenvalue weighted by Gasteiger charge is 2.16. The molecule has 0 atom stereocenters. The fraction of sp³-hybridized carbons (Fsp3) is 0.278. The van der Waals surface area contributed by atoms with E-state index in [9.17, 15) is 4.79 Å². The van der Waals surface area contributed by atoms with Crippen molar-refractivity contribution in [3.63, 3.8) is 0 Å². The summed E-state index contributed by atoms with van der Waals surface area (Å²) in [5, 5.41) is 3.85. The quantitative estimate of drug-likeness (QED) is 0.583. The Kier molecular flexibility index (Phi) is 6.35. The zero-order valence-corrected chi connectivity index (χ0v) is 15.3. The zero-order valence-electron chi connectivity index (χ0n) is 13.8. The van der Waals surface area contributed by atoms with Gasteiger partial charge in [-0.3, -0.25) is 0 Å². The number of esters is 1. The van der Waals surface area contributed by atoms with E-state index in [0.717, 1.165) is 16.9 Å². The number of carbonyl (C=O) groups is 1. The van der Waals surface area contributed by atoms with Crippen LogP contribution >= 0.6 is 23.2 Å². The minimum absolute atomic E-state index is 0.294. The van der Waals surface area contributed by atoms with Crippen molar-refractivity contribution >= 4 is 34.9 Å². The van der Waals surface area contributed by atoms with Gasteiger partial charge >= 0.3 is 5.97 Å². The van der Waals surface area contributed by atoms with Crippen molar-refractivity contribution in [1.82, 2.24) is 0 Å². The summed E-state index contributed by atoms with van der Waals surface area (Å²) in [5.41, 5.74) is 2.93. The minimum atomic E-state index is -0.502. The lowest BCUT2D eigenvalue weighted by molar-refractivity contribution is 0.0602. The second-order valence-electron chi connectivity index (χ2n) is 5.30. The number of nitrogens with one attached hydrogen (secondary N) is 1. The van der Waals surface area contributed by atoms with E-state index in [1.54, 1.807) is 6.07 Å². The van der Waals surface area contributed by atoms with Gasteiger partial charge < -0.3 is 14.8 Å². The first kappa shape index (κ1) is 18.4. The lowest BCUT2D eigenvalue weighted by Crippen LogP contribution is -2.15. The molecule has 0 radical (unpaired) electrons. The van der Waals surface area contributed by atoms with E-state index in [1.807, 2.05) is 32.0 Å². The number of halogens is 2. The molecule has 2 aromatic rings. The van der Waals surface area contributed by atoms with Gasteiger partial charge in [-0.25, -0.2) is 4.79 Å². The molecule has 2 rings (SSSR count). The molecule has 1 N–H and O–H groups in total. The molecule has 6 heteroatoms. The van der Waals surface area contributed by atoms with Gasteiger partial charge in [0.05, 0.1) is 23.4 Å². The Morgan fingerprint density at radius 2 is 1.83 bits per heavy atom. The maximum Gasteiger partial charge on any atom is 0.340 e. The summed E-state index contributed by atoms with van der Waals surface area (Å²) in [7, 11) is 1.31. The van der Waals surface area contributed by atoms with E-state index >= 15 is 0 Å². The van der Waals surface area contributed by atoms with Crippen molar-refractivity contribution < 1.29 is 14.3 Å². The smallest absolute Gasteiger partial charge is 0.340 e. The number of anilines is 1. The lowest BCUT2D eigenvalue weighted by atomic mass is 10.1. The summed E-state index contributed by atoms with van der Waals surface area (Å²) < 4.78 is 10.6. The van der Waals surface area contributed by atoms with Crippen LogP contribution in [0.5, 0.6) is 5.75 Å². The molecule has 4 nitrogen and oxygen atoms in total. The van der Waals surface area contributed by atoms with E-state index in [2.05, 4.69) is 5.32 Å². The van der Waals surface area contributed by atoms with Gasteiger partial charge in [0, 0.05) is 11.6 Å². The summed E-state index contributed by atoms with van der Waals surface area (Å²) in [5.74, 6) is 0.368. The van der Waals surface area contributed by atoms with Gasteiger partial charge in [-0.15, -0.1) is 0 Å². The molecule has 0 aromatic heterocycles. The van der Waals surface area contributed by atoms with Gasteiger partial charge in [-0.2, -0.15) is 0 Å². The molecule has 0 fully saturated rings. The van der Waals surface area contributed by atoms with Gasteiger partial charge in [-0.1, -0.05) is 41.4 Å². The van der Waals surface area contributed by atoms with Crippen molar-refractivity contribution in [3.8, 4) is 5.75 Å². The Balaban J connectivity index is 2.06. The highest BCUT2D eigenvalue weighted by molar-refractivity contribution is 6.37. The topological polar surface area (TPSA) is 47.6 Å². The fourth-order valence-electron chi connectivity index (χ4n) is 2.38. The van der Waals surface area contributed by atoms with Gasteiger partial charge in [0.1, 0.15) is 12.4 Å². The van der Waals surface area contributed by atoms with Crippen molar-refractivity contribution in [3.05, 3.63) is 57.1 Å². The predicted molar refractivity (Wildman–Crippen MR) is 97.7 cm³/mol. The highest BCUT2D eigenvalue weighted by Crippen LogP contribution is 2.30. The SMILES string of the molecule is COC(=O)c1cc(Cl)cc(Cl)c1NCCOc1c(C)cccc1C. The Morgan fingerprint density at radius 3 is 2.46 bits per heavy atom. The van der Waals surface area contributed by atoms with Gasteiger partial charge in [0.25, 0.3) is 0 Å². The summed E-state index contributed by atoms with van der Waals surface area (Å²) in [6.45, 7) is 4.90. The van der Waals surface area contributed by atoms with Crippen LogP contribution in [0.15, 0.2) is 30.3 Å². The molecule has 0 aliphatic rings. The highest BCUT2D eigenvalue weighted by atomic mass is 35.5. The van der Waals surface area contributed by atoms with Crippen molar-refractivity contribution in [2.45, 2.75) is 13.8 Å². The van der Waals surface area contributed by atoms with Crippen LogP contribution in [-0.2, 0) is 4.74 Å². The van der Waals surface area contributed by atoms with Crippen LogP contribution in [0.25, 0.3) is 0 Å². The zero-order chi connectivity index (χ0) is 17.7. The normalized spacial score (nSPS) is 10.4. The number of rotatable bonds is 6. The molecule has 0 bridgehead atoms. The molecule has 0 saturated carbocycles. The Labute approximate surface area is 151 Å². The third-order valence-electron chi connectivity index (χ3n) is 3.52. The first-order chi connectivity index (χ1) is 11.4. The number of para-hydroxylation sites is 1. The maximum absolute atomic E-state index is 11.9. The molecule has 0 aliphatic carbocycles. The monoisotopic (exact) mass is 367 g/mol. The van der Waals surface area contributed by atoms with E-state index in [0.29, 0.717) is 34.4 Å². The van der Waals surface area contributed by atoms with Gasteiger partial charge in [0.15, 0.2) is 0 Å². The fourth-order valence-corrected chi connectivity index (χ4v) is 2.94. The van der Waals surface area contributed by atoms with Gasteiger partial charge in [0.2, 0.25) is 0 Å². The summed E-state index contributed by atoms with van der Waals surface area (Å²) in [4.78, 5) is 11.9. The van der Waals surface area contributed by atoms with Crippen molar-refractivity contribution in [1.29, 1.82) is 0 Å². The molecule has 0 aliphatic heterocycles. The predicted octanol–water partition coefficient (Wildman–Crippen LogP) is 4.89. The number of benzene rings is 2. The number of hydrogen-bond donors (Lipinski definition) is 1. The molecular formula is C18H19Cl2NO3. The Hall–Kier alpha value is -1.91. The average molecular weight is 368 g/mol. The van der Waals surface area contributed by atoms with Crippen LogP contribution in [0.1, 0.15) is 21.5 Å². The minimum Gasteiger partial charge on any atom is -0.491 e. The Morgan fingerprint density at radius 1 is 1.17 bits per heavy atom. The molecular weight excluding hydrogens is 349 g/mol. The van der Waals surface area contributed by atoms with Crippen molar-refractivity contribution in [2.24, 2.45) is 0 Å². The number of carbonyl (C=O) groups excluding carboxylic acids is 1. The van der Waals surface area contributed by atoms with E-state index < -0.39 is 5.97 Å². The lowest BCUT2D eigenvalue weighted by Gasteiger charge is -2.15. The van der Waals surface area contributed by atoms with Crippen LogP contribution in [0.3, 0.4) is 0 Å². The molecule has 2 aromatic carbocycles. The third kappa shape index (κ3) is 4.34. The summed E-state index contributed by atoms with van der Waals surface area (Å²) in [6.07, 6.45) is 0. The second kappa shape index (κ2) is 8.27. The molecule has 0 unspecified atom stereocenters. The third-order valence-corrected chi connectivity index (χ3v) is 4.04. The number of ether oxygens (including phenoxy) is 2. The van der Waals surface area contributed by atoms with E-state index in [-0.39, 0.29) is 0 Å². The molecule has 0 heterocycles. The summed E-state index contributed by atoms with van der Waals surface area (Å²) in [6, 6.07) is 9.09. The average Bonchev–Trinajstić information content (AvgIpc) is 2.54. The van der Waals surface area contributed by atoms with Crippen LogP contribution in [0.4, 0.5) is 5.69 Å². The van der Waals surface area contributed by atoms with Crippen LogP contribution in [0, 0.1) is 13.8 Å². The van der Waals surface area contributed by atoms with Crippen molar-refractivity contribution in [2.75, 3.05) is 25.6 Å². The summed E-state index contributed by atoms with van der Waals surface area (Å²) >= 11 is 12.1. The standard InChI is InChI=1S/C18H19Cl2NO3/c1-11-5-4-6-12(2)17(11)24-8-7-21-16-14(18(22)23-3)9-13(19)10-15(16)20/h4-6,9-10,21H,7-8H2,1-3H3. The molecule has 0 amide bonds. The number of hydrogen-bond acceptors (Lipinski definition) is 4. The first-order valence-electron chi connectivity index (χ1n) is 7.44. The maximum atomic E-state index is 11.9. The van der Waals surface area contributed by atoms with Crippen LogP contribution in [0.2, 0.25) is 10.0 Å². The molecule has 0 saturated heterocycles. The van der Waals surface area contributed by atoms with Gasteiger partial charge in [-0.05, 0) is 37.1 Å². The van der Waals surface area contributed by atoms with E-state index in [4.69, 9.17) is 32.7 Å². The number of methoxy groups -OCH3 is 1. The van der Waals surface area contributed by atoms with Crippen LogP contribution < -0.4 is 10.1 Å². The largest absolute Gasteiger partial charge is 0.491 e. The molecule has 24 heavy (non-hydrogen) atoms.